The van der Waals surface area contributed by atoms with Crippen LogP contribution in [0.2, 0.25) is 0 Å². The third-order valence-corrected chi connectivity index (χ3v) is 2.89. The molecule has 0 aliphatic rings. The molecular weight excluding hydrogens is 258 g/mol. The predicted molar refractivity (Wildman–Crippen MR) is 74.3 cm³/mol. The van der Waals surface area contributed by atoms with Gasteiger partial charge in [0, 0.05) is 7.05 Å². The number of anilines is 1. The summed E-state index contributed by atoms with van der Waals surface area (Å²) < 4.78 is 5.11. The highest BCUT2D eigenvalue weighted by molar-refractivity contribution is 6.00. The van der Waals surface area contributed by atoms with Gasteiger partial charge in [-0.3, -0.25) is 9.89 Å². The quantitative estimate of drug-likeness (QED) is 0.810. The van der Waals surface area contributed by atoms with Crippen LogP contribution in [0.15, 0.2) is 18.2 Å². The lowest BCUT2D eigenvalue weighted by Gasteiger charge is -2.17. The molecule has 2 aromatic rings. The lowest BCUT2D eigenvalue weighted by Crippen LogP contribution is -2.27. The number of H-pyrrole nitrogens is 1. The van der Waals surface area contributed by atoms with E-state index in [2.05, 4.69) is 15.2 Å². The maximum Gasteiger partial charge on any atom is 0.256 e. The van der Waals surface area contributed by atoms with E-state index in [1.807, 2.05) is 0 Å². The minimum atomic E-state index is -0.205. The molecule has 2 rings (SSSR count). The maximum atomic E-state index is 12.4. The van der Waals surface area contributed by atoms with Gasteiger partial charge in [-0.05, 0) is 19.1 Å². The Morgan fingerprint density at radius 3 is 2.85 bits per heavy atom. The number of para-hydroxylation sites is 1. The molecule has 7 heteroatoms. The van der Waals surface area contributed by atoms with Crippen LogP contribution in [0.4, 0.5) is 5.69 Å². The first-order valence-electron chi connectivity index (χ1n) is 6.08. The van der Waals surface area contributed by atoms with Crippen LogP contribution in [0.1, 0.15) is 22.0 Å². The first kappa shape index (κ1) is 13.9. The normalized spacial score (nSPS) is 10.3. The lowest BCUT2D eigenvalue weighted by atomic mass is 10.1. The molecule has 0 saturated carbocycles. The summed E-state index contributed by atoms with van der Waals surface area (Å²) in [6.45, 7) is 2.11. The molecule has 1 aromatic heterocycles. The van der Waals surface area contributed by atoms with Crippen LogP contribution in [-0.2, 0) is 6.54 Å². The number of hydrogen-bond acceptors (Lipinski definition) is 5. The zero-order chi connectivity index (χ0) is 14.7. The third-order valence-electron chi connectivity index (χ3n) is 2.89. The van der Waals surface area contributed by atoms with Gasteiger partial charge in [-0.1, -0.05) is 6.07 Å². The van der Waals surface area contributed by atoms with Crippen molar-refractivity contribution in [1.82, 2.24) is 20.1 Å². The molecule has 0 radical (unpaired) electrons. The number of nitrogens with zero attached hydrogens (tertiary/aromatic N) is 3. The van der Waals surface area contributed by atoms with Gasteiger partial charge in [0.25, 0.3) is 5.91 Å². The number of amides is 1. The van der Waals surface area contributed by atoms with Crippen molar-refractivity contribution in [2.24, 2.45) is 0 Å². The summed E-state index contributed by atoms with van der Waals surface area (Å²) in [4.78, 5) is 18.0. The van der Waals surface area contributed by atoms with Crippen LogP contribution >= 0.6 is 0 Å². The van der Waals surface area contributed by atoms with Crippen LogP contribution in [0, 0.1) is 6.92 Å². The number of carbonyl (C=O) groups excluding carboxylic acids is 1. The van der Waals surface area contributed by atoms with Gasteiger partial charge in [0.05, 0.1) is 24.9 Å². The zero-order valence-electron chi connectivity index (χ0n) is 11.7. The monoisotopic (exact) mass is 275 g/mol. The van der Waals surface area contributed by atoms with Crippen molar-refractivity contribution in [2.45, 2.75) is 13.5 Å². The highest BCUT2D eigenvalue weighted by Gasteiger charge is 2.18. The summed E-state index contributed by atoms with van der Waals surface area (Å²) in [5, 5.41) is 6.74. The smallest absolute Gasteiger partial charge is 0.256 e. The molecule has 0 aliphatic heterocycles. The minimum Gasteiger partial charge on any atom is -0.495 e. The maximum absolute atomic E-state index is 12.4. The van der Waals surface area contributed by atoms with Crippen LogP contribution in [0.5, 0.6) is 5.75 Å². The number of rotatable bonds is 4. The Hall–Kier alpha value is -2.57. The number of nitrogens with two attached hydrogens (primary N) is 1. The Kier molecular flexibility index (Phi) is 3.88. The number of nitrogens with one attached hydrogen (secondary N) is 1. The van der Waals surface area contributed by atoms with E-state index >= 15 is 0 Å². The zero-order valence-corrected chi connectivity index (χ0v) is 11.7. The highest BCUT2D eigenvalue weighted by Crippen LogP contribution is 2.25. The lowest BCUT2D eigenvalue weighted by molar-refractivity contribution is 0.0782. The average Bonchev–Trinajstić information content (AvgIpc) is 2.83. The number of carbonyl (C=O) groups is 1. The van der Waals surface area contributed by atoms with E-state index in [9.17, 15) is 4.79 Å². The number of hydrogen-bond donors (Lipinski definition) is 2. The summed E-state index contributed by atoms with van der Waals surface area (Å²) in [6.07, 6.45) is 0. The van der Waals surface area contributed by atoms with Crippen molar-refractivity contribution in [2.75, 3.05) is 19.9 Å². The molecule has 0 spiro atoms. The molecule has 0 bridgehead atoms. The van der Waals surface area contributed by atoms with E-state index < -0.39 is 0 Å². The Labute approximate surface area is 116 Å². The van der Waals surface area contributed by atoms with Crippen LogP contribution < -0.4 is 10.5 Å². The molecule has 0 aliphatic carbocycles. The molecule has 3 N–H and O–H groups in total. The van der Waals surface area contributed by atoms with Gasteiger partial charge in [0.1, 0.15) is 11.6 Å². The Balaban J connectivity index is 2.18. The predicted octanol–water partition coefficient (Wildman–Crippen LogP) is 0.976. The fraction of sp³-hybridized carbons (Fsp3) is 0.308. The second-order valence-corrected chi connectivity index (χ2v) is 4.42. The largest absolute Gasteiger partial charge is 0.495 e. The Bertz CT molecular complexity index is 623. The molecule has 1 aromatic carbocycles. The molecular formula is C13H17N5O2. The molecule has 1 heterocycles. The van der Waals surface area contributed by atoms with E-state index in [0.717, 1.165) is 0 Å². The number of methoxy groups -OCH3 is 1. The number of nitrogen functional groups attached to an aromatic ring is 1. The van der Waals surface area contributed by atoms with Crippen LogP contribution in [0.25, 0.3) is 0 Å². The van der Waals surface area contributed by atoms with Gasteiger partial charge < -0.3 is 15.4 Å². The number of aromatic nitrogens is 3. The van der Waals surface area contributed by atoms with Crippen LogP contribution in [-0.4, -0.2) is 40.1 Å². The SMILES string of the molecule is COc1cccc(C(=O)N(C)Cc2n[nH]c(C)n2)c1N. The summed E-state index contributed by atoms with van der Waals surface area (Å²) in [7, 11) is 3.19. The Morgan fingerprint density at radius 2 is 2.25 bits per heavy atom. The van der Waals surface area contributed by atoms with Gasteiger partial charge in [-0.15, -0.1) is 0 Å². The van der Waals surface area contributed by atoms with Gasteiger partial charge in [-0.25, -0.2) is 4.98 Å². The average molecular weight is 275 g/mol. The second-order valence-electron chi connectivity index (χ2n) is 4.42. The fourth-order valence-electron chi connectivity index (χ4n) is 1.86. The number of ether oxygens (including phenoxy) is 1. The van der Waals surface area contributed by atoms with Crippen LogP contribution in [0.3, 0.4) is 0 Å². The molecule has 20 heavy (non-hydrogen) atoms. The first-order chi connectivity index (χ1) is 9.52. The molecule has 0 unspecified atom stereocenters. The van der Waals surface area contributed by atoms with E-state index in [1.54, 1.807) is 32.2 Å². The number of aryl methyl sites for hydroxylation is 1. The number of benzene rings is 1. The van der Waals surface area contributed by atoms with Crippen molar-refractivity contribution < 1.29 is 9.53 Å². The van der Waals surface area contributed by atoms with Crippen molar-refractivity contribution in [3.05, 3.63) is 35.4 Å². The summed E-state index contributed by atoms with van der Waals surface area (Å²) >= 11 is 0. The number of aromatic amines is 1. The van der Waals surface area contributed by atoms with E-state index in [-0.39, 0.29) is 5.91 Å². The molecule has 0 atom stereocenters. The summed E-state index contributed by atoms with van der Waals surface area (Å²) in [5.74, 6) is 1.54. The molecule has 7 nitrogen and oxygen atoms in total. The second kappa shape index (κ2) is 5.60. The third kappa shape index (κ3) is 2.71. The van der Waals surface area contributed by atoms with E-state index in [4.69, 9.17) is 10.5 Å². The van der Waals surface area contributed by atoms with Gasteiger partial charge in [0.2, 0.25) is 0 Å². The van der Waals surface area contributed by atoms with Crippen molar-refractivity contribution in [3.8, 4) is 5.75 Å². The molecule has 106 valence electrons. The molecule has 1 amide bonds. The molecule has 0 saturated heterocycles. The molecule has 0 fully saturated rings. The summed E-state index contributed by atoms with van der Waals surface area (Å²) in [5.41, 5.74) is 6.65. The first-order valence-corrected chi connectivity index (χ1v) is 6.08. The van der Waals surface area contributed by atoms with Gasteiger partial charge in [-0.2, -0.15) is 5.10 Å². The van der Waals surface area contributed by atoms with Gasteiger partial charge in [0.15, 0.2) is 5.82 Å². The standard InChI is InChI=1S/C13H17N5O2/c1-8-15-11(17-16-8)7-18(2)13(19)9-5-4-6-10(20-3)12(9)14/h4-6H,7,14H2,1-3H3,(H,15,16,17). The topological polar surface area (TPSA) is 97.1 Å². The minimum absolute atomic E-state index is 0.205. The highest BCUT2D eigenvalue weighted by atomic mass is 16.5. The van der Waals surface area contributed by atoms with E-state index in [0.29, 0.717) is 35.2 Å². The van der Waals surface area contributed by atoms with Crippen molar-refractivity contribution in [1.29, 1.82) is 0 Å². The van der Waals surface area contributed by atoms with E-state index in [1.165, 1.54) is 12.0 Å². The fourth-order valence-corrected chi connectivity index (χ4v) is 1.86. The van der Waals surface area contributed by atoms with Crippen molar-refractivity contribution in [3.63, 3.8) is 0 Å². The van der Waals surface area contributed by atoms with Gasteiger partial charge >= 0.3 is 0 Å². The van der Waals surface area contributed by atoms with Crippen molar-refractivity contribution >= 4 is 11.6 Å². The Morgan fingerprint density at radius 1 is 1.50 bits per heavy atom. The summed E-state index contributed by atoms with van der Waals surface area (Å²) in [6, 6.07) is 5.11.